The lowest BCUT2D eigenvalue weighted by molar-refractivity contribution is 0.0954. The van der Waals surface area contributed by atoms with Crippen LogP contribution in [-0.4, -0.2) is 27.1 Å². The molecular formula is C22H20BrN3O4S. The SMILES string of the molecule is COc1ccc(NS(=O)(=O)c2cccc(C(=O)N/N=C(\C)c3ccccc3Br)c2)cc1. The van der Waals surface area contributed by atoms with Gasteiger partial charge in [0.1, 0.15) is 5.75 Å². The number of methoxy groups -OCH3 is 1. The van der Waals surface area contributed by atoms with Crippen LogP contribution in [0.25, 0.3) is 0 Å². The molecule has 0 bridgehead atoms. The number of nitrogens with zero attached hydrogens (tertiary/aromatic N) is 1. The molecule has 0 saturated heterocycles. The maximum absolute atomic E-state index is 12.7. The molecule has 0 aliphatic carbocycles. The van der Waals surface area contributed by atoms with Gasteiger partial charge in [0, 0.05) is 21.3 Å². The zero-order valence-corrected chi connectivity index (χ0v) is 19.2. The summed E-state index contributed by atoms with van der Waals surface area (Å²) >= 11 is 3.44. The molecule has 0 unspecified atom stereocenters. The summed E-state index contributed by atoms with van der Waals surface area (Å²) in [5.41, 5.74) is 4.45. The first-order valence-corrected chi connectivity index (χ1v) is 11.4. The Balaban J connectivity index is 1.76. The summed E-state index contributed by atoms with van der Waals surface area (Å²) in [7, 11) is -2.35. The molecule has 0 radical (unpaired) electrons. The predicted molar refractivity (Wildman–Crippen MR) is 124 cm³/mol. The number of hydrazone groups is 1. The first-order valence-electron chi connectivity index (χ1n) is 9.16. The standard InChI is InChI=1S/C22H20BrN3O4S/c1-15(20-8-3-4-9-21(20)23)24-25-22(27)16-6-5-7-19(14-16)31(28,29)26-17-10-12-18(30-2)13-11-17/h3-14,26H,1-2H3,(H,25,27)/b24-15+. The van der Waals surface area contributed by atoms with E-state index in [1.54, 1.807) is 31.2 Å². The van der Waals surface area contributed by atoms with Crippen molar-refractivity contribution < 1.29 is 17.9 Å². The first kappa shape index (κ1) is 22.5. The molecule has 31 heavy (non-hydrogen) atoms. The van der Waals surface area contributed by atoms with Gasteiger partial charge < -0.3 is 4.74 Å². The maximum Gasteiger partial charge on any atom is 0.271 e. The van der Waals surface area contributed by atoms with Gasteiger partial charge in [-0.05, 0) is 55.5 Å². The lowest BCUT2D eigenvalue weighted by Crippen LogP contribution is -2.20. The number of anilines is 1. The highest BCUT2D eigenvalue weighted by Crippen LogP contribution is 2.20. The predicted octanol–water partition coefficient (Wildman–Crippen LogP) is 4.41. The zero-order chi connectivity index (χ0) is 22.4. The normalized spacial score (nSPS) is 11.6. The number of nitrogens with one attached hydrogen (secondary N) is 2. The van der Waals surface area contributed by atoms with E-state index < -0.39 is 15.9 Å². The van der Waals surface area contributed by atoms with Gasteiger partial charge in [0.15, 0.2) is 0 Å². The van der Waals surface area contributed by atoms with Crippen molar-refractivity contribution in [1.29, 1.82) is 0 Å². The molecule has 7 nitrogen and oxygen atoms in total. The van der Waals surface area contributed by atoms with E-state index in [1.165, 1.54) is 31.4 Å². The fourth-order valence-electron chi connectivity index (χ4n) is 2.69. The number of benzene rings is 3. The van der Waals surface area contributed by atoms with E-state index in [2.05, 4.69) is 31.2 Å². The summed E-state index contributed by atoms with van der Waals surface area (Å²) < 4.78 is 33.8. The van der Waals surface area contributed by atoms with Crippen LogP contribution >= 0.6 is 15.9 Å². The lowest BCUT2D eigenvalue weighted by atomic mass is 10.1. The Labute approximate surface area is 189 Å². The second-order valence-electron chi connectivity index (χ2n) is 6.48. The van der Waals surface area contributed by atoms with E-state index in [9.17, 15) is 13.2 Å². The Morgan fingerprint density at radius 3 is 2.39 bits per heavy atom. The molecule has 0 aliphatic rings. The van der Waals surface area contributed by atoms with E-state index >= 15 is 0 Å². The van der Waals surface area contributed by atoms with Crippen LogP contribution in [0.3, 0.4) is 0 Å². The van der Waals surface area contributed by atoms with Crippen LogP contribution in [0.15, 0.2) is 87.3 Å². The van der Waals surface area contributed by atoms with Gasteiger partial charge in [0.2, 0.25) is 0 Å². The summed E-state index contributed by atoms with van der Waals surface area (Å²) in [4.78, 5) is 12.5. The van der Waals surface area contributed by atoms with Crippen molar-refractivity contribution >= 4 is 43.3 Å². The first-order chi connectivity index (χ1) is 14.8. The summed E-state index contributed by atoms with van der Waals surface area (Å²) in [5.74, 6) is 0.0906. The molecule has 3 rings (SSSR count). The third-order valence-electron chi connectivity index (χ3n) is 4.34. The van der Waals surface area contributed by atoms with E-state index in [1.807, 2.05) is 24.3 Å². The van der Waals surface area contributed by atoms with Gasteiger partial charge in [0.05, 0.1) is 17.7 Å². The van der Waals surface area contributed by atoms with Crippen LogP contribution in [0.2, 0.25) is 0 Å². The number of rotatable bonds is 7. The number of carbonyl (C=O) groups excluding carboxylic acids is 1. The smallest absolute Gasteiger partial charge is 0.271 e. The van der Waals surface area contributed by atoms with Gasteiger partial charge in [-0.2, -0.15) is 5.10 Å². The molecule has 160 valence electrons. The summed E-state index contributed by atoms with van der Waals surface area (Å²) in [6.07, 6.45) is 0. The third-order valence-corrected chi connectivity index (χ3v) is 6.41. The van der Waals surface area contributed by atoms with Crippen molar-refractivity contribution in [2.24, 2.45) is 5.10 Å². The molecule has 0 heterocycles. The topological polar surface area (TPSA) is 96.9 Å². The Bertz CT molecular complexity index is 1230. The fourth-order valence-corrected chi connectivity index (χ4v) is 4.37. The molecule has 0 fully saturated rings. The molecule has 0 spiro atoms. The molecule has 9 heteroatoms. The van der Waals surface area contributed by atoms with E-state index in [0.29, 0.717) is 17.1 Å². The van der Waals surface area contributed by atoms with Crippen LogP contribution in [0.4, 0.5) is 5.69 Å². The van der Waals surface area contributed by atoms with E-state index in [-0.39, 0.29) is 10.5 Å². The highest BCUT2D eigenvalue weighted by atomic mass is 79.9. The molecule has 3 aromatic rings. The minimum absolute atomic E-state index is 0.0394. The van der Waals surface area contributed by atoms with Gasteiger partial charge in [0.25, 0.3) is 15.9 Å². The highest BCUT2D eigenvalue weighted by molar-refractivity contribution is 9.10. The fraction of sp³-hybridized carbons (Fsp3) is 0.0909. The second-order valence-corrected chi connectivity index (χ2v) is 9.02. The molecule has 0 saturated carbocycles. The molecule has 0 aromatic heterocycles. The Morgan fingerprint density at radius 1 is 1.00 bits per heavy atom. The van der Waals surface area contributed by atoms with Crippen LogP contribution < -0.4 is 14.9 Å². The van der Waals surface area contributed by atoms with Crippen molar-refractivity contribution in [3.63, 3.8) is 0 Å². The zero-order valence-electron chi connectivity index (χ0n) is 16.8. The minimum atomic E-state index is -3.88. The number of hydrogen-bond donors (Lipinski definition) is 2. The molecular weight excluding hydrogens is 482 g/mol. The quantitative estimate of drug-likeness (QED) is 0.370. The summed E-state index contributed by atoms with van der Waals surface area (Å²) in [6.45, 7) is 1.76. The van der Waals surface area contributed by atoms with Gasteiger partial charge >= 0.3 is 0 Å². The maximum atomic E-state index is 12.7. The van der Waals surface area contributed by atoms with Gasteiger partial charge in [-0.1, -0.05) is 40.2 Å². The molecule has 0 atom stereocenters. The molecule has 3 aromatic carbocycles. The van der Waals surface area contributed by atoms with Crippen molar-refractivity contribution in [3.05, 3.63) is 88.4 Å². The number of amides is 1. The van der Waals surface area contributed by atoms with Gasteiger partial charge in [-0.3, -0.25) is 9.52 Å². The number of carbonyl (C=O) groups is 1. The van der Waals surface area contributed by atoms with Crippen molar-refractivity contribution in [3.8, 4) is 5.75 Å². The third kappa shape index (κ3) is 5.71. The summed E-state index contributed by atoms with van der Waals surface area (Å²) in [6, 6.07) is 19.7. The monoisotopic (exact) mass is 501 g/mol. The van der Waals surface area contributed by atoms with Crippen LogP contribution in [0, 0.1) is 0 Å². The van der Waals surface area contributed by atoms with Gasteiger partial charge in [-0.15, -0.1) is 0 Å². The Kier molecular flexibility index (Phi) is 7.09. The number of sulfonamides is 1. The van der Waals surface area contributed by atoms with Crippen LogP contribution in [-0.2, 0) is 10.0 Å². The van der Waals surface area contributed by atoms with Crippen molar-refractivity contribution in [2.75, 3.05) is 11.8 Å². The summed E-state index contributed by atoms with van der Waals surface area (Å²) in [5, 5.41) is 4.12. The van der Waals surface area contributed by atoms with E-state index in [4.69, 9.17) is 4.74 Å². The Morgan fingerprint density at radius 2 is 1.71 bits per heavy atom. The number of ether oxygens (including phenoxy) is 1. The van der Waals surface area contributed by atoms with Gasteiger partial charge in [-0.25, -0.2) is 13.8 Å². The van der Waals surface area contributed by atoms with Crippen LogP contribution in [0.1, 0.15) is 22.8 Å². The Hall–Kier alpha value is -3.17. The average Bonchev–Trinajstić information content (AvgIpc) is 2.78. The van der Waals surface area contributed by atoms with Crippen molar-refractivity contribution in [1.82, 2.24) is 5.43 Å². The lowest BCUT2D eigenvalue weighted by Gasteiger charge is -2.10. The molecule has 0 aliphatic heterocycles. The number of hydrogen-bond acceptors (Lipinski definition) is 5. The average molecular weight is 502 g/mol. The number of halogens is 1. The minimum Gasteiger partial charge on any atom is -0.497 e. The van der Waals surface area contributed by atoms with E-state index in [0.717, 1.165) is 10.0 Å². The molecule has 2 N–H and O–H groups in total. The molecule has 1 amide bonds. The largest absolute Gasteiger partial charge is 0.497 e. The second kappa shape index (κ2) is 9.76. The highest BCUT2D eigenvalue weighted by Gasteiger charge is 2.17. The van der Waals surface area contributed by atoms with Crippen LogP contribution in [0.5, 0.6) is 5.75 Å². The van der Waals surface area contributed by atoms with Crippen molar-refractivity contribution in [2.45, 2.75) is 11.8 Å².